The van der Waals surface area contributed by atoms with Crippen LogP contribution in [0.2, 0.25) is 0 Å². The van der Waals surface area contributed by atoms with Gasteiger partial charge in [-0.15, -0.1) is 5.10 Å². The van der Waals surface area contributed by atoms with Crippen LogP contribution in [0.3, 0.4) is 0 Å². The van der Waals surface area contributed by atoms with Crippen LogP contribution in [0.5, 0.6) is 0 Å². The van der Waals surface area contributed by atoms with Crippen molar-refractivity contribution in [1.82, 2.24) is 24.8 Å². The van der Waals surface area contributed by atoms with Crippen LogP contribution in [0.25, 0.3) is 0 Å². The number of piperidine rings is 1. The average Bonchev–Trinajstić information content (AvgIpc) is 3.21. The monoisotopic (exact) mass is 398 g/mol. The van der Waals surface area contributed by atoms with Gasteiger partial charge in [0, 0.05) is 45.3 Å². The number of likely N-dealkylation sites (tertiary alicyclic amines) is 1. The maximum atomic E-state index is 12.4. The minimum absolute atomic E-state index is 0.0543. The molecule has 0 aliphatic carbocycles. The summed E-state index contributed by atoms with van der Waals surface area (Å²) >= 11 is 0. The standard InChI is InChI=1S/C21H30N6O2/c1-4-26(5-2)21(29)20-15-27(24-23-20)19-10-12-25(13-11-19)14-17-6-8-18(9-7-17)22-16(3)28/h6-9,15,19H,4-5,10-14H2,1-3H3,(H,22,28). The zero-order chi connectivity index (χ0) is 20.8. The molecule has 1 aromatic carbocycles. The molecule has 1 aliphatic rings. The van der Waals surface area contributed by atoms with E-state index in [9.17, 15) is 9.59 Å². The van der Waals surface area contributed by atoms with Crippen LogP contribution in [0.1, 0.15) is 55.7 Å². The minimum atomic E-state index is -0.0603. The van der Waals surface area contributed by atoms with Crippen molar-refractivity contribution < 1.29 is 9.59 Å². The zero-order valence-corrected chi connectivity index (χ0v) is 17.5. The first-order valence-corrected chi connectivity index (χ1v) is 10.3. The molecule has 1 aliphatic heterocycles. The molecule has 2 heterocycles. The molecule has 29 heavy (non-hydrogen) atoms. The average molecular weight is 399 g/mol. The molecule has 0 bridgehead atoms. The molecule has 1 N–H and O–H groups in total. The SMILES string of the molecule is CCN(CC)C(=O)c1cn(C2CCN(Cc3ccc(NC(C)=O)cc3)CC2)nn1. The van der Waals surface area contributed by atoms with E-state index in [1.54, 1.807) is 11.1 Å². The van der Waals surface area contributed by atoms with E-state index in [0.717, 1.165) is 38.2 Å². The Balaban J connectivity index is 1.52. The third-order valence-electron chi connectivity index (χ3n) is 5.39. The lowest BCUT2D eigenvalue weighted by Crippen LogP contribution is -2.34. The number of aromatic nitrogens is 3. The predicted octanol–water partition coefficient (Wildman–Crippen LogP) is 2.56. The third-order valence-corrected chi connectivity index (χ3v) is 5.39. The Morgan fingerprint density at radius 1 is 1.14 bits per heavy atom. The third kappa shape index (κ3) is 5.41. The summed E-state index contributed by atoms with van der Waals surface area (Å²) in [5.74, 6) is -0.115. The van der Waals surface area contributed by atoms with Crippen molar-refractivity contribution in [3.63, 3.8) is 0 Å². The van der Waals surface area contributed by atoms with E-state index in [1.165, 1.54) is 12.5 Å². The van der Waals surface area contributed by atoms with Crippen molar-refractivity contribution in [1.29, 1.82) is 0 Å². The van der Waals surface area contributed by atoms with Crippen LogP contribution in [0, 0.1) is 0 Å². The Hall–Kier alpha value is -2.74. The van der Waals surface area contributed by atoms with Crippen molar-refractivity contribution in [2.75, 3.05) is 31.5 Å². The summed E-state index contributed by atoms with van der Waals surface area (Å²) in [6.45, 7) is 9.61. The van der Waals surface area contributed by atoms with Gasteiger partial charge in [0.2, 0.25) is 5.91 Å². The Labute approximate surface area is 171 Å². The normalized spacial score (nSPS) is 15.3. The highest BCUT2D eigenvalue weighted by Crippen LogP contribution is 2.23. The Morgan fingerprint density at radius 2 is 1.79 bits per heavy atom. The van der Waals surface area contributed by atoms with Gasteiger partial charge < -0.3 is 10.2 Å². The molecule has 2 amide bonds. The molecule has 1 saturated heterocycles. The maximum Gasteiger partial charge on any atom is 0.276 e. The predicted molar refractivity (Wildman–Crippen MR) is 112 cm³/mol. The first-order chi connectivity index (χ1) is 14.0. The fourth-order valence-corrected chi connectivity index (χ4v) is 3.72. The second-order valence-corrected chi connectivity index (χ2v) is 7.45. The lowest BCUT2D eigenvalue weighted by molar-refractivity contribution is -0.114. The topological polar surface area (TPSA) is 83.4 Å². The number of anilines is 1. The van der Waals surface area contributed by atoms with E-state index < -0.39 is 0 Å². The molecule has 1 fully saturated rings. The summed E-state index contributed by atoms with van der Waals surface area (Å²) in [6, 6.07) is 8.26. The second kappa shape index (κ2) is 9.65. The fourth-order valence-electron chi connectivity index (χ4n) is 3.72. The van der Waals surface area contributed by atoms with Gasteiger partial charge in [-0.2, -0.15) is 0 Å². The molecular weight excluding hydrogens is 368 g/mol. The maximum absolute atomic E-state index is 12.4. The van der Waals surface area contributed by atoms with Crippen molar-refractivity contribution in [2.45, 2.75) is 46.2 Å². The number of benzene rings is 1. The quantitative estimate of drug-likeness (QED) is 0.775. The molecule has 0 radical (unpaired) electrons. The number of carbonyl (C=O) groups excluding carboxylic acids is 2. The summed E-state index contributed by atoms with van der Waals surface area (Å²) in [7, 11) is 0. The second-order valence-electron chi connectivity index (χ2n) is 7.45. The van der Waals surface area contributed by atoms with Crippen molar-refractivity contribution in [2.24, 2.45) is 0 Å². The summed E-state index contributed by atoms with van der Waals surface area (Å²) in [5.41, 5.74) is 2.47. The van der Waals surface area contributed by atoms with Crippen molar-refractivity contribution >= 4 is 17.5 Å². The molecule has 3 rings (SSSR count). The summed E-state index contributed by atoms with van der Waals surface area (Å²) < 4.78 is 1.86. The van der Waals surface area contributed by atoms with Crippen LogP contribution in [0.15, 0.2) is 30.5 Å². The number of hydrogen-bond donors (Lipinski definition) is 1. The van der Waals surface area contributed by atoms with Gasteiger partial charge in [0.05, 0.1) is 12.2 Å². The van der Waals surface area contributed by atoms with E-state index >= 15 is 0 Å². The Bertz CT molecular complexity index is 820. The van der Waals surface area contributed by atoms with Crippen LogP contribution < -0.4 is 5.32 Å². The van der Waals surface area contributed by atoms with Crippen LogP contribution in [-0.2, 0) is 11.3 Å². The zero-order valence-electron chi connectivity index (χ0n) is 17.5. The summed E-state index contributed by atoms with van der Waals surface area (Å²) in [6.07, 6.45) is 3.75. The highest BCUT2D eigenvalue weighted by Gasteiger charge is 2.23. The number of amides is 2. The molecular formula is C21H30N6O2. The van der Waals surface area contributed by atoms with Gasteiger partial charge in [0.25, 0.3) is 5.91 Å². The van der Waals surface area contributed by atoms with Crippen molar-refractivity contribution in [3.05, 3.63) is 41.7 Å². The first kappa shape index (κ1) is 21.0. The largest absolute Gasteiger partial charge is 0.338 e. The van der Waals surface area contributed by atoms with Gasteiger partial charge in [-0.25, -0.2) is 4.68 Å². The lowest BCUT2D eigenvalue weighted by atomic mass is 10.0. The molecule has 8 nitrogen and oxygen atoms in total. The first-order valence-electron chi connectivity index (χ1n) is 10.3. The van der Waals surface area contributed by atoms with E-state index in [-0.39, 0.29) is 17.9 Å². The van der Waals surface area contributed by atoms with E-state index in [0.29, 0.717) is 18.8 Å². The van der Waals surface area contributed by atoms with E-state index in [1.807, 2.05) is 30.7 Å². The van der Waals surface area contributed by atoms with Crippen LogP contribution in [-0.4, -0.2) is 62.8 Å². The molecule has 1 aromatic heterocycles. The molecule has 8 heteroatoms. The van der Waals surface area contributed by atoms with Gasteiger partial charge in [-0.05, 0) is 44.4 Å². The summed E-state index contributed by atoms with van der Waals surface area (Å²) in [5, 5.41) is 11.1. The van der Waals surface area contributed by atoms with Gasteiger partial charge in [0.1, 0.15) is 0 Å². The van der Waals surface area contributed by atoms with E-state index in [4.69, 9.17) is 0 Å². The van der Waals surface area contributed by atoms with Crippen molar-refractivity contribution in [3.8, 4) is 0 Å². The van der Waals surface area contributed by atoms with Crippen LogP contribution >= 0.6 is 0 Å². The van der Waals surface area contributed by atoms with Gasteiger partial charge in [0.15, 0.2) is 5.69 Å². The minimum Gasteiger partial charge on any atom is -0.338 e. The molecule has 0 atom stereocenters. The number of carbonyl (C=O) groups is 2. The molecule has 0 spiro atoms. The summed E-state index contributed by atoms with van der Waals surface area (Å²) in [4.78, 5) is 27.7. The smallest absolute Gasteiger partial charge is 0.276 e. The molecule has 2 aromatic rings. The number of nitrogens with one attached hydrogen (secondary N) is 1. The highest BCUT2D eigenvalue weighted by atomic mass is 16.2. The Kier molecular flexibility index (Phi) is 6.98. The molecule has 0 saturated carbocycles. The highest BCUT2D eigenvalue weighted by molar-refractivity contribution is 5.91. The lowest BCUT2D eigenvalue weighted by Gasteiger charge is -2.31. The number of hydrogen-bond acceptors (Lipinski definition) is 5. The molecule has 156 valence electrons. The molecule has 0 unspecified atom stereocenters. The van der Waals surface area contributed by atoms with Gasteiger partial charge >= 0.3 is 0 Å². The number of rotatable bonds is 7. The Morgan fingerprint density at radius 3 is 2.38 bits per heavy atom. The van der Waals surface area contributed by atoms with Gasteiger partial charge in [-0.1, -0.05) is 17.3 Å². The van der Waals surface area contributed by atoms with Gasteiger partial charge in [-0.3, -0.25) is 14.5 Å². The van der Waals surface area contributed by atoms with E-state index in [2.05, 4.69) is 32.7 Å². The fraction of sp³-hybridized carbons (Fsp3) is 0.524. The van der Waals surface area contributed by atoms with Crippen LogP contribution in [0.4, 0.5) is 5.69 Å². The number of nitrogens with zero attached hydrogens (tertiary/aromatic N) is 5.